The van der Waals surface area contributed by atoms with Gasteiger partial charge in [-0.05, 0) is 44.4 Å². The van der Waals surface area contributed by atoms with Gasteiger partial charge in [0, 0.05) is 24.2 Å². The highest BCUT2D eigenvalue weighted by molar-refractivity contribution is 5.37. The molecule has 1 fully saturated rings. The predicted octanol–water partition coefficient (Wildman–Crippen LogP) is 4.72. The van der Waals surface area contributed by atoms with Gasteiger partial charge in [-0.15, -0.1) is 0 Å². The lowest BCUT2D eigenvalue weighted by molar-refractivity contribution is 0.312. The minimum Gasteiger partial charge on any atom is -0.370 e. The van der Waals surface area contributed by atoms with Crippen LogP contribution in [0.15, 0.2) is 6.07 Å². The summed E-state index contributed by atoms with van der Waals surface area (Å²) in [5.74, 6) is 4.02. The Balaban J connectivity index is 2.17. The summed E-state index contributed by atoms with van der Waals surface area (Å²) < 4.78 is 0. The van der Waals surface area contributed by atoms with Gasteiger partial charge < -0.3 is 5.32 Å². The van der Waals surface area contributed by atoms with Crippen LogP contribution in [0.2, 0.25) is 0 Å². The quantitative estimate of drug-likeness (QED) is 0.845. The van der Waals surface area contributed by atoms with Crippen molar-refractivity contribution >= 4 is 5.82 Å². The first-order valence-electron chi connectivity index (χ1n) is 8.26. The van der Waals surface area contributed by atoms with Gasteiger partial charge in [0.25, 0.3) is 0 Å². The van der Waals surface area contributed by atoms with Crippen molar-refractivity contribution in [1.82, 2.24) is 9.97 Å². The van der Waals surface area contributed by atoms with Gasteiger partial charge in [-0.1, -0.05) is 27.2 Å². The summed E-state index contributed by atoms with van der Waals surface area (Å²) in [7, 11) is 0. The number of nitrogens with one attached hydrogen (secondary N) is 1. The Morgan fingerprint density at radius 2 is 1.85 bits per heavy atom. The highest BCUT2D eigenvalue weighted by Crippen LogP contribution is 2.36. The summed E-state index contributed by atoms with van der Waals surface area (Å²) in [6.45, 7) is 9.75. The highest BCUT2D eigenvalue weighted by Gasteiger charge is 2.24. The monoisotopic (exact) mass is 275 g/mol. The van der Waals surface area contributed by atoms with Crippen LogP contribution in [0.25, 0.3) is 0 Å². The van der Waals surface area contributed by atoms with Crippen molar-refractivity contribution in [1.29, 1.82) is 0 Å². The molecule has 1 aliphatic carbocycles. The van der Waals surface area contributed by atoms with E-state index in [4.69, 9.17) is 9.97 Å². The van der Waals surface area contributed by atoms with Crippen LogP contribution >= 0.6 is 0 Å². The lowest BCUT2D eigenvalue weighted by Gasteiger charge is -2.27. The second kappa shape index (κ2) is 7.05. The van der Waals surface area contributed by atoms with Gasteiger partial charge in [-0.2, -0.15) is 0 Å². The van der Waals surface area contributed by atoms with Crippen molar-refractivity contribution in [3.8, 4) is 0 Å². The van der Waals surface area contributed by atoms with Gasteiger partial charge in [0.15, 0.2) is 0 Å². The molecule has 0 spiro atoms. The van der Waals surface area contributed by atoms with Crippen LogP contribution in [-0.2, 0) is 0 Å². The Hall–Kier alpha value is -1.12. The fourth-order valence-corrected chi connectivity index (χ4v) is 3.06. The van der Waals surface area contributed by atoms with E-state index in [0.29, 0.717) is 11.8 Å². The molecule has 0 aliphatic heterocycles. The minimum atomic E-state index is 0.459. The van der Waals surface area contributed by atoms with E-state index >= 15 is 0 Å². The lowest BCUT2D eigenvalue weighted by Crippen LogP contribution is -2.16. The number of nitrogens with zero attached hydrogens (tertiary/aromatic N) is 2. The Kier molecular flexibility index (Phi) is 5.38. The van der Waals surface area contributed by atoms with E-state index < -0.39 is 0 Å². The summed E-state index contributed by atoms with van der Waals surface area (Å²) in [5, 5.41) is 3.35. The maximum absolute atomic E-state index is 4.84. The van der Waals surface area contributed by atoms with Crippen molar-refractivity contribution < 1.29 is 0 Å². The Morgan fingerprint density at radius 1 is 1.15 bits per heavy atom. The van der Waals surface area contributed by atoms with Crippen LogP contribution in [0.1, 0.15) is 83.2 Å². The molecule has 0 radical (unpaired) electrons. The first-order chi connectivity index (χ1) is 9.63. The van der Waals surface area contributed by atoms with Gasteiger partial charge in [-0.25, -0.2) is 9.97 Å². The van der Waals surface area contributed by atoms with Crippen LogP contribution in [0.3, 0.4) is 0 Å². The molecular formula is C17H29N3. The first-order valence-corrected chi connectivity index (χ1v) is 8.26. The van der Waals surface area contributed by atoms with Crippen LogP contribution in [-0.4, -0.2) is 16.5 Å². The largest absolute Gasteiger partial charge is 0.370 e. The van der Waals surface area contributed by atoms with Gasteiger partial charge >= 0.3 is 0 Å². The van der Waals surface area contributed by atoms with E-state index in [9.17, 15) is 0 Å². The fraction of sp³-hybridized carbons (Fsp3) is 0.765. The SMILES string of the molecule is CCNc1cc(C(C)C)nc(C2CCC(CC)CC2)n1. The van der Waals surface area contributed by atoms with Gasteiger partial charge in [-0.3, -0.25) is 0 Å². The number of hydrogen-bond donors (Lipinski definition) is 1. The zero-order valence-electron chi connectivity index (χ0n) is 13.4. The van der Waals surface area contributed by atoms with Gasteiger partial charge in [0.1, 0.15) is 11.6 Å². The third kappa shape index (κ3) is 3.71. The normalized spacial score (nSPS) is 23.1. The van der Waals surface area contributed by atoms with E-state index in [1.807, 2.05) is 0 Å². The number of anilines is 1. The molecule has 1 N–H and O–H groups in total. The molecular weight excluding hydrogens is 246 g/mol. The van der Waals surface area contributed by atoms with Crippen molar-refractivity contribution in [3.63, 3.8) is 0 Å². The maximum Gasteiger partial charge on any atom is 0.134 e. The van der Waals surface area contributed by atoms with Crippen LogP contribution in [0, 0.1) is 5.92 Å². The first kappa shape index (κ1) is 15.3. The summed E-state index contributed by atoms with van der Waals surface area (Å²) >= 11 is 0. The summed E-state index contributed by atoms with van der Waals surface area (Å²) in [5.41, 5.74) is 1.17. The molecule has 1 aromatic rings. The molecule has 20 heavy (non-hydrogen) atoms. The molecule has 1 heterocycles. The Labute approximate surface area is 123 Å². The van der Waals surface area contributed by atoms with E-state index in [1.54, 1.807) is 0 Å². The molecule has 2 rings (SSSR count). The van der Waals surface area contributed by atoms with E-state index in [2.05, 4.69) is 39.1 Å². The third-order valence-corrected chi connectivity index (χ3v) is 4.50. The van der Waals surface area contributed by atoms with Crippen molar-refractivity contribution in [2.24, 2.45) is 5.92 Å². The molecule has 0 atom stereocenters. The van der Waals surface area contributed by atoms with Gasteiger partial charge in [0.05, 0.1) is 0 Å². The molecule has 1 aromatic heterocycles. The summed E-state index contributed by atoms with van der Waals surface area (Å²) in [4.78, 5) is 9.60. The minimum absolute atomic E-state index is 0.459. The van der Waals surface area contributed by atoms with Crippen molar-refractivity contribution in [2.75, 3.05) is 11.9 Å². The zero-order chi connectivity index (χ0) is 14.5. The summed E-state index contributed by atoms with van der Waals surface area (Å²) in [6, 6.07) is 2.11. The van der Waals surface area contributed by atoms with E-state index in [0.717, 1.165) is 24.1 Å². The number of rotatable bonds is 5. The molecule has 3 nitrogen and oxygen atoms in total. The zero-order valence-corrected chi connectivity index (χ0v) is 13.4. The smallest absolute Gasteiger partial charge is 0.134 e. The number of hydrogen-bond acceptors (Lipinski definition) is 3. The van der Waals surface area contributed by atoms with Crippen molar-refractivity contribution in [2.45, 2.75) is 71.6 Å². The second-order valence-corrected chi connectivity index (χ2v) is 6.35. The molecule has 3 heteroatoms. The molecule has 0 unspecified atom stereocenters. The Morgan fingerprint density at radius 3 is 2.40 bits per heavy atom. The third-order valence-electron chi connectivity index (χ3n) is 4.50. The van der Waals surface area contributed by atoms with E-state index in [1.165, 1.54) is 37.8 Å². The summed E-state index contributed by atoms with van der Waals surface area (Å²) in [6.07, 6.45) is 6.51. The fourth-order valence-electron chi connectivity index (χ4n) is 3.06. The number of aromatic nitrogens is 2. The van der Waals surface area contributed by atoms with Crippen molar-refractivity contribution in [3.05, 3.63) is 17.6 Å². The molecule has 0 aromatic carbocycles. The molecule has 1 aliphatic rings. The van der Waals surface area contributed by atoms with Crippen LogP contribution in [0.4, 0.5) is 5.82 Å². The predicted molar refractivity (Wildman–Crippen MR) is 85.3 cm³/mol. The van der Waals surface area contributed by atoms with Gasteiger partial charge in [0.2, 0.25) is 0 Å². The highest BCUT2D eigenvalue weighted by atomic mass is 15.0. The molecule has 112 valence electrons. The average molecular weight is 275 g/mol. The topological polar surface area (TPSA) is 37.8 Å². The maximum atomic E-state index is 4.84. The lowest BCUT2D eigenvalue weighted by atomic mass is 9.80. The van der Waals surface area contributed by atoms with Crippen LogP contribution < -0.4 is 5.32 Å². The molecule has 1 saturated carbocycles. The molecule has 0 amide bonds. The standard InChI is InChI=1S/C17H29N3/c1-5-13-7-9-14(10-8-13)17-19-15(12(3)4)11-16(20-17)18-6-2/h11-14H,5-10H2,1-4H3,(H,18,19,20). The van der Waals surface area contributed by atoms with E-state index in [-0.39, 0.29) is 0 Å². The Bertz CT molecular complexity index is 420. The molecule has 0 saturated heterocycles. The second-order valence-electron chi connectivity index (χ2n) is 6.35. The average Bonchev–Trinajstić information content (AvgIpc) is 2.47. The molecule has 0 bridgehead atoms. The van der Waals surface area contributed by atoms with Crippen LogP contribution in [0.5, 0.6) is 0 Å².